The van der Waals surface area contributed by atoms with Gasteiger partial charge in [-0.05, 0) is 104 Å². The van der Waals surface area contributed by atoms with E-state index in [0.717, 1.165) is 67.6 Å². The van der Waals surface area contributed by atoms with Gasteiger partial charge in [0.2, 0.25) is 5.69 Å². The van der Waals surface area contributed by atoms with Crippen molar-refractivity contribution in [2.24, 2.45) is 0 Å². The Labute approximate surface area is 430 Å². The molecule has 0 bridgehead atoms. The molecule has 8 aromatic rings. The molecule has 0 amide bonds. The minimum atomic E-state index is -3.51. The van der Waals surface area contributed by atoms with E-state index in [4.69, 9.17) is 29.8 Å². The zero-order valence-electron chi connectivity index (χ0n) is 52.8. The fourth-order valence-electron chi connectivity index (χ4n) is 8.87. The molecule has 0 aliphatic carbocycles. The molecule has 0 saturated carbocycles. The van der Waals surface area contributed by atoms with Crippen molar-refractivity contribution in [1.29, 1.82) is 0 Å². The maximum absolute atomic E-state index is 9.40. The third kappa shape index (κ3) is 8.99. The molecule has 9 rings (SSSR count). The largest absolute Gasteiger partial charge is 2.00 e. The predicted molar refractivity (Wildman–Crippen MR) is 276 cm³/mol. The van der Waals surface area contributed by atoms with Crippen LogP contribution in [0.25, 0.3) is 38.8 Å². The molecule has 7 heteroatoms. The first kappa shape index (κ1) is 33.5. The Balaban J connectivity index is 0.00000841. The number of benzene rings is 5. The Morgan fingerprint density at radius 3 is 2.01 bits per heavy atom. The van der Waals surface area contributed by atoms with Crippen LogP contribution < -0.4 is 13.9 Å². The van der Waals surface area contributed by atoms with Crippen LogP contribution in [0.3, 0.4) is 0 Å². The molecule has 0 fully saturated rings. The van der Waals surface area contributed by atoms with E-state index in [0.29, 0.717) is 17.1 Å². The van der Waals surface area contributed by atoms with Crippen molar-refractivity contribution >= 4 is 50.6 Å². The Morgan fingerprint density at radius 1 is 0.716 bits per heavy atom. The number of nitrogens with zero attached hydrogens (tertiary/aromatic N) is 5. The number of hydrogen-bond donors (Lipinski definition) is 0. The quantitative estimate of drug-likeness (QED) is 0.107. The predicted octanol–water partition coefficient (Wildman–Crippen LogP) is 16.1. The standard InChI is InChI=1S/C60H63N5O.Pt/c1-36(2)41-30-50(37(3)4)57(51(31-41)38(5)6)42-28-46(64-35-63(53-17-15-16-18-54(53)64)45-21-19-43(20-22-45)59(9,10)11)33-48(29-42)66-47-23-24-49-52-27-39(7)62-40(8)58(52)65(55(49)34-47)56-32-44(25-26-61-56)60(12,13)14;/h15-32,36-38H,1-14H3;/q;+2/i9D3,10D3,11D3,15D,16D,17D,18D;. The van der Waals surface area contributed by atoms with E-state index in [1.807, 2.05) is 50.4 Å². The Morgan fingerprint density at radius 2 is 1.39 bits per heavy atom. The number of fused-ring (bicyclic) bond motifs is 4. The average Bonchev–Trinajstić information content (AvgIpc) is 4.07. The Bertz CT molecular complexity index is 3790. The van der Waals surface area contributed by atoms with Crippen LogP contribution in [0.5, 0.6) is 11.5 Å². The van der Waals surface area contributed by atoms with Crippen LogP contribution >= 0.6 is 0 Å². The van der Waals surface area contributed by atoms with Crippen molar-refractivity contribution in [3.8, 4) is 28.4 Å². The SMILES string of the molecule is [2H]c1c([2H])c([2H])c2c(c1[2H])[N+](c1[c-]c(Oc3[c-]c4c(cc3)c3cc(C)nc(C)c3n4-c3cc(C(C)(C)C)ccn3)cc(-c3c(C(C)C)cc(C(C)C)cc3C(C)C)c1)=C=[N+]2c1ccc(C(C([2H])([2H])[2H])(C([2H])([2H])[2H])C([2H])([2H])[2H])cc1.[Pt+2]. The van der Waals surface area contributed by atoms with Gasteiger partial charge in [0.25, 0.3) is 11.4 Å². The summed E-state index contributed by atoms with van der Waals surface area (Å²) in [5.74, 6) is 1.62. The van der Waals surface area contributed by atoms with E-state index in [2.05, 4.69) is 109 Å². The summed E-state index contributed by atoms with van der Waals surface area (Å²) in [6.45, 7) is 12.8. The second-order valence-corrected chi connectivity index (χ2v) is 19.3. The topological polar surface area (TPSA) is 46.0 Å². The maximum Gasteiger partial charge on any atom is 2.00 e. The Kier molecular flexibility index (Phi) is 8.98. The molecular formula is C60H63N5OPt+2. The number of ether oxygens (including phenoxy) is 1. The third-order valence-electron chi connectivity index (χ3n) is 12.3. The first-order valence-corrected chi connectivity index (χ1v) is 22.5. The van der Waals surface area contributed by atoms with Gasteiger partial charge in [0.15, 0.2) is 0 Å². The summed E-state index contributed by atoms with van der Waals surface area (Å²) < 4.78 is 123. The van der Waals surface area contributed by atoms with E-state index in [-0.39, 0.29) is 72.7 Å². The summed E-state index contributed by atoms with van der Waals surface area (Å²) in [4.78, 5) is 9.75. The zero-order chi connectivity index (χ0) is 58.0. The zero-order valence-corrected chi connectivity index (χ0v) is 42.0. The second-order valence-electron chi connectivity index (χ2n) is 19.3. The number of pyridine rings is 2. The molecule has 3 aromatic heterocycles. The van der Waals surface area contributed by atoms with E-state index < -0.39 is 55.7 Å². The summed E-state index contributed by atoms with van der Waals surface area (Å²) in [5, 5.41) is 1.88. The summed E-state index contributed by atoms with van der Waals surface area (Å²) in [6.07, 6.45) is 1.81. The average molecular weight is 1080 g/mol. The summed E-state index contributed by atoms with van der Waals surface area (Å²) in [6, 6.07) is 31.5. The first-order valence-electron chi connectivity index (χ1n) is 29.0. The van der Waals surface area contributed by atoms with Gasteiger partial charge < -0.3 is 9.30 Å². The van der Waals surface area contributed by atoms with E-state index >= 15 is 0 Å². The van der Waals surface area contributed by atoms with E-state index in [9.17, 15) is 2.74 Å². The van der Waals surface area contributed by atoms with Gasteiger partial charge in [-0.1, -0.05) is 141 Å². The van der Waals surface area contributed by atoms with Gasteiger partial charge in [0.05, 0.1) is 16.7 Å². The molecule has 1 aliphatic heterocycles. The molecule has 0 spiro atoms. The minimum absolute atomic E-state index is 0. The fourth-order valence-corrected chi connectivity index (χ4v) is 8.87. The van der Waals surface area contributed by atoms with E-state index in [1.54, 1.807) is 0 Å². The van der Waals surface area contributed by atoms with Crippen molar-refractivity contribution in [2.45, 2.75) is 125 Å². The van der Waals surface area contributed by atoms with Crippen molar-refractivity contribution < 1.29 is 43.6 Å². The first-order chi connectivity index (χ1) is 36.7. The number of aryl methyl sites for hydroxylation is 2. The molecule has 0 unspecified atom stereocenters. The normalized spacial score (nSPS) is 16.2. The maximum atomic E-state index is 9.40. The van der Waals surface area contributed by atoms with Gasteiger partial charge in [0.1, 0.15) is 11.5 Å². The molecule has 6 nitrogen and oxygen atoms in total. The smallest absolute Gasteiger partial charge is 0.509 e. The van der Waals surface area contributed by atoms with Gasteiger partial charge in [-0.15, -0.1) is 29.1 Å². The molecule has 0 N–H and O–H groups in total. The molecule has 1 aliphatic rings. The van der Waals surface area contributed by atoms with Crippen LogP contribution in [0.1, 0.15) is 158 Å². The minimum Gasteiger partial charge on any atom is -0.509 e. The molecular weight excluding hydrogens is 1000 g/mol. The number of hydrogen-bond acceptors (Lipinski definition) is 3. The van der Waals surface area contributed by atoms with Crippen LogP contribution in [0.4, 0.5) is 22.7 Å². The Hall–Kier alpha value is -5.93. The molecule has 0 atom stereocenters. The van der Waals surface area contributed by atoms with Gasteiger partial charge in [-0.2, -0.15) is 6.07 Å². The molecule has 342 valence electrons. The van der Waals surface area contributed by atoms with Crippen molar-refractivity contribution in [3.63, 3.8) is 0 Å². The summed E-state index contributed by atoms with van der Waals surface area (Å²) in [7, 11) is 0. The van der Waals surface area contributed by atoms with Crippen molar-refractivity contribution in [2.75, 3.05) is 0 Å². The van der Waals surface area contributed by atoms with Crippen LogP contribution in [0, 0.1) is 26.0 Å². The van der Waals surface area contributed by atoms with Gasteiger partial charge in [-0.25, -0.2) is 4.98 Å². The monoisotopic (exact) mass is 1080 g/mol. The number of para-hydroxylation sites is 2. The van der Waals surface area contributed by atoms with Gasteiger partial charge in [0, 0.05) is 59.9 Å². The number of rotatable bonds is 9. The van der Waals surface area contributed by atoms with Crippen LogP contribution in [-0.4, -0.2) is 20.5 Å². The molecule has 4 heterocycles. The van der Waals surface area contributed by atoms with Crippen molar-refractivity contribution in [1.82, 2.24) is 23.7 Å². The fraction of sp³-hybridized carbons (Fsp3) is 0.317. The summed E-state index contributed by atoms with van der Waals surface area (Å²) in [5.41, 5.74) is 5.86. The molecule has 0 saturated heterocycles. The molecule has 67 heavy (non-hydrogen) atoms. The number of aromatic nitrogens is 3. The van der Waals surface area contributed by atoms with E-state index in [1.165, 1.54) is 26.8 Å². The van der Waals surface area contributed by atoms with Crippen molar-refractivity contribution in [3.05, 3.63) is 161 Å². The van der Waals surface area contributed by atoms with Crippen LogP contribution in [-0.2, 0) is 31.9 Å². The molecule has 5 aromatic carbocycles. The van der Waals surface area contributed by atoms with Gasteiger partial charge in [-0.3, -0.25) is 4.98 Å². The second kappa shape index (κ2) is 17.9. The summed E-state index contributed by atoms with van der Waals surface area (Å²) >= 11 is 0. The van der Waals surface area contributed by atoms with Crippen LogP contribution in [0.15, 0.2) is 109 Å². The molecule has 0 radical (unpaired) electrons. The third-order valence-corrected chi connectivity index (χ3v) is 12.3. The van der Waals surface area contributed by atoms with Crippen LogP contribution in [0.2, 0.25) is 0 Å². The van der Waals surface area contributed by atoms with Gasteiger partial charge >= 0.3 is 27.1 Å².